The van der Waals surface area contributed by atoms with Crippen molar-refractivity contribution >= 4 is 22.4 Å². The third kappa shape index (κ3) is 2.67. The van der Waals surface area contributed by atoms with E-state index in [-0.39, 0.29) is 0 Å². The van der Waals surface area contributed by atoms with Crippen LogP contribution in [0, 0.1) is 0 Å². The zero-order valence-electron chi connectivity index (χ0n) is 11.1. The molecule has 0 radical (unpaired) electrons. The summed E-state index contributed by atoms with van der Waals surface area (Å²) in [6.07, 6.45) is 3.79. The molecule has 4 nitrogen and oxygen atoms in total. The number of carboxylic acid groups (broad SMARTS) is 1. The molecule has 20 heavy (non-hydrogen) atoms. The Bertz CT molecular complexity index is 601. The second-order valence-corrected chi connectivity index (χ2v) is 5.78. The van der Waals surface area contributed by atoms with Gasteiger partial charge in [-0.15, -0.1) is 11.3 Å². The van der Waals surface area contributed by atoms with Crippen LogP contribution in [0.2, 0.25) is 0 Å². The normalized spacial score (nSPS) is 15.3. The summed E-state index contributed by atoms with van der Waals surface area (Å²) in [4.78, 5) is 17.9. The molecule has 1 N–H and O–H groups in total. The lowest BCUT2D eigenvalue weighted by Crippen LogP contribution is -2.29. The van der Waals surface area contributed by atoms with Gasteiger partial charge in [-0.3, -0.25) is 0 Å². The molecule has 5 heteroatoms. The summed E-state index contributed by atoms with van der Waals surface area (Å²) >= 11 is 1.66. The number of rotatable bonds is 3. The smallest absolute Gasteiger partial charge is 0.335 e. The first kappa shape index (κ1) is 13.1. The van der Waals surface area contributed by atoms with Crippen molar-refractivity contribution in [1.29, 1.82) is 0 Å². The molecule has 1 aromatic carbocycles. The molecular weight excluding hydrogens is 272 g/mol. The number of anilines is 1. The van der Waals surface area contributed by atoms with Gasteiger partial charge in [-0.05, 0) is 31.4 Å². The Morgan fingerprint density at radius 2 is 1.85 bits per heavy atom. The number of piperidine rings is 1. The van der Waals surface area contributed by atoms with E-state index in [0.717, 1.165) is 29.5 Å². The van der Waals surface area contributed by atoms with Gasteiger partial charge in [0.1, 0.15) is 0 Å². The Balaban J connectivity index is 1.80. The third-order valence-electron chi connectivity index (χ3n) is 3.55. The van der Waals surface area contributed by atoms with Crippen LogP contribution in [0.3, 0.4) is 0 Å². The van der Waals surface area contributed by atoms with Crippen LogP contribution in [0.25, 0.3) is 11.3 Å². The lowest BCUT2D eigenvalue weighted by atomic mass is 10.1. The second-order valence-electron chi connectivity index (χ2n) is 4.95. The van der Waals surface area contributed by atoms with E-state index in [2.05, 4.69) is 9.88 Å². The highest BCUT2D eigenvalue weighted by molar-refractivity contribution is 7.14. The monoisotopic (exact) mass is 288 g/mol. The molecule has 0 saturated carbocycles. The van der Waals surface area contributed by atoms with Crippen molar-refractivity contribution in [3.05, 3.63) is 35.2 Å². The van der Waals surface area contributed by atoms with Gasteiger partial charge < -0.3 is 10.0 Å². The predicted octanol–water partition coefficient (Wildman–Crippen LogP) is 3.50. The highest BCUT2D eigenvalue weighted by atomic mass is 32.1. The quantitative estimate of drug-likeness (QED) is 0.939. The van der Waals surface area contributed by atoms with Crippen molar-refractivity contribution in [3.8, 4) is 11.3 Å². The SMILES string of the molecule is O=C(O)c1ccc(-c2csc(N3CCCCC3)n2)cc1. The summed E-state index contributed by atoms with van der Waals surface area (Å²) in [5.74, 6) is -0.899. The fraction of sp³-hybridized carbons (Fsp3) is 0.333. The molecule has 2 aromatic rings. The lowest BCUT2D eigenvalue weighted by molar-refractivity contribution is 0.0697. The molecule has 1 fully saturated rings. The number of nitrogens with zero attached hydrogens (tertiary/aromatic N) is 2. The first-order valence-corrected chi connectivity index (χ1v) is 7.66. The van der Waals surface area contributed by atoms with Crippen LogP contribution in [-0.4, -0.2) is 29.1 Å². The largest absolute Gasteiger partial charge is 0.478 e. The summed E-state index contributed by atoms with van der Waals surface area (Å²) in [5.41, 5.74) is 2.20. The van der Waals surface area contributed by atoms with Crippen LogP contribution in [0.4, 0.5) is 5.13 Å². The minimum Gasteiger partial charge on any atom is -0.478 e. The number of hydrogen-bond acceptors (Lipinski definition) is 4. The molecule has 104 valence electrons. The number of aromatic nitrogens is 1. The molecule has 0 aliphatic carbocycles. The minimum absolute atomic E-state index is 0.306. The zero-order valence-corrected chi connectivity index (χ0v) is 11.9. The van der Waals surface area contributed by atoms with Gasteiger partial charge in [-0.1, -0.05) is 12.1 Å². The standard InChI is InChI=1S/C15H16N2O2S/c18-14(19)12-6-4-11(5-7-12)13-10-20-15(16-13)17-8-2-1-3-9-17/h4-7,10H,1-3,8-9H2,(H,18,19). The molecular formula is C15H16N2O2S. The van der Waals surface area contributed by atoms with Crippen molar-refractivity contribution in [3.63, 3.8) is 0 Å². The number of carbonyl (C=O) groups is 1. The fourth-order valence-electron chi connectivity index (χ4n) is 2.41. The molecule has 0 amide bonds. The molecule has 2 heterocycles. The summed E-state index contributed by atoms with van der Waals surface area (Å²) in [5, 5.41) is 12.0. The Hall–Kier alpha value is -1.88. The van der Waals surface area contributed by atoms with Gasteiger partial charge in [-0.25, -0.2) is 9.78 Å². The molecule has 1 aromatic heterocycles. The van der Waals surface area contributed by atoms with Gasteiger partial charge in [0.15, 0.2) is 5.13 Å². The Labute approximate surface area is 121 Å². The van der Waals surface area contributed by atoms with Gasteiger partial charge in [0.05, 0.1) is 11.3 Å². The average Bonchev–Trinajstić information content (AvgIpc) is 2.98. The first-order valence-electron chi connectivity index (χ1n) is 6.78. The molecule has 0 atom stereocenters. The van der Waals surface area contributed by atoms with Gasteiger partial charge in [0, 0.05) is 24.0 Å². The zero-order chi connectivity index (χ0) is 13.9. The number of hydrogen-bond donors (Lipinski definition) is 1. The van der Waals surface area contributed by atoms with Crippen molar-refractivity contribution in [2.45, 2.75) is 19.3 Å². The number of aromatic carboxylic acids is 1. The van der Waals surface area contributed by atoms with Crippen molar-refractivity contribution in [2.75, 3.05) is 18.0 Å². The fourth-order valence-corrected chi connectivity index (χ4v) is 3.30. The van der Waals surface area contributed by atoms with E-state index < -0.39 is 5.97 Å². The molecule has 1 saturated heterocycles. The van der Waals surface area contributed by atoms with E-state index in [4.69, 9.17) is 5.11 Å². The molecule has 0 unspecified atom stereocenters. The summed E-state index contributed by atoms with van der Waals surface area (Å²) < 4.78 is 0. The van der Waals surface area contributed by atoms with Crippen LogP contribution in [0.5, 0.6) is 0 Å². The molecule has 1 aliphatic rings. The maximum Gasteiger partial charge on any atom is 0.335 e. The lowest BCUT2D eigenvalue weighted by Gasteiger charge is -2.25. The van der Waals surface area contributed by atoms with Crippen LogP contribution >= 0.6 is 11.3 Å². The maximum atomic E-state index is 10.8. The highest BCUT2D eigenvalue weighted by Crippen LogP contribution is 2.29. The second kappa shape index (κ2) is 5.63. The number of benzene rings is 1. The van der Waals surface area contributed by atoms with Gasteiger partial charge in [0.25, 0.3) is 0 Å². The van der Waals surface area contributed by atoms with Gasteiger partial charge in [-0.2, -0.15) is 0 Å². The average molecular weight is 288 g/mol. The minimum atomic E-state index is -0.899. The molecule has 0 bridgehead atoms. The van der Waals surface area contributed by atoms with E-state index >= 15 is 0 Å². The maximum absolute atomic E-state index is 10.8. The van der Waals surface area contributed by atoms with E-state index in [1.165, 1.54) is 19.3 Å². The highest BCUT2D eigenvalue weighted by Gasteiger charge is 2.15. The molecule has 0 spiro atoms. The molecule has 3 rings (SSSR count). The molecule has 1 aliphatic heterocycles. The number of thiazole rings is 1. The van der Waals surface area contributed by atoms with Crippen molar-refractivity contribution in [1.82, 2.24) is 4.98 Å². The Morgan fingerprint density at radius 1 is 1.15 bits per heavy atom. The summed E-state index contributed by atoms with van der Waals surface area (Å²) in [7, 11) is 0. The van der Waals surface area contributed by atoms with Crippen LogP contribution < -0.4 is 4.90 Å². The predicted molar refractivity (Wildman–Crippen MR) is 80.6 cm³/mol. The van der Waals surface area contributed by atoms with Crippen molar-refractivity contribution in [2.24, 2.45) is 0 Å². The Kier molecular flexibility index (Phi) is 3.69. The van der Waals surface area contributed by atoms with E-state index in [9.17, 15) is 4.79 Å². The van der Waals surface area contributed by atoms with E-state index in [1.807, 2.05) is 17.5 Å². The third-order valence-corrected chi connectivity index (χ3v) is 4.45. The van der Waals surface area contributed by atoms with Crippen LogP contribution in [-0.2, 0) is 0 Å². The summed E-state index contributed by atoms with van der Waals surface area (Å²) in [6.45, 7) is 2.18. The van der Waals surface area contributed by atoms with Crippen molar-refractivity contribution < 1.29 is 9.90 Å². The topological polar surface area (TPSA) is 53.4 Å². The van der Waals surface area contributed by atoms with Gasteiger partial charge >= 0.3 is 5.97 Å². The van der Waals surface area contributed by atoms with Gasteiger partial charge in [0.2, 0.25) is 0 Å². The van der Waals surface area contributed by atoms with Crippen LogP contribution in [0.1, 0.15) is 29.6 Å². The number of carboxylic acids is 1. The summed E-state index contributed by atoms with van der Waals surface area (Å²) in [6, 6.07) is 6.88. The first-order chi connectivity index (χ1) is 9.74. The Morgan fingerprint density at radius 3 is 2.50 bits per heavy atom. The van der Waals surface area contributed by atoms with E-state index in [1.54, 1.807) is 23.5 Å². The van der Waals surface area contributed by atoms with E-state index in [0.29, 0.717) is 5.56 Å². The van der Waals surface area contributed by atoms with Crippen LogP contribution in [0.15, 0.2) is 29.6 Å².